The zero-order chi connectivity index (χ0) is 20.8. The second-order valence-electron chi connectivity index (χ2n) is 6.18. The summed E-state index contributed by atoms with van der Waals surface area (Å²) in [6.45, 7) is 2.24. The standard InChI is InChI=1S/C21H21ClN2O5/c1-3-28-20-16(22)11-15(12-18(20)27-2)21(26)29-13-19(25)24-10-9-17(23-24)14-7-5-4-6-8-14/h4-8,11-12H,3,9-10,13H2,1-2H3. The number of halogens is 1. The van der Waals surface area contributed by atoms with E-state index in [0.717, 1.165) is 11.3 Å². The molecule has 1 heterocycles. The van der Waals surface area contributed by atoms with Crippen molar-refractivity contribution in [2.75, 3.05) is 26.9 Å². The largest absolute Gasteiger partial charge is 0.493 e. The van der Waals surface area contributed by atoms with Crippen molar-refractivity contribution in [3.05, 3.63) is 58.6 Å². The number of hydrazone groups is 1. The lowest BCUT2D eigenvalue weighted by Crippen LogP contribution is -2.28. The molecular formula is C21H21ClN2O5. The topological polar surface area (TPSA) is 77.4 Å². The van der Waals surface area contributed by atoms with Crippen molar-refractivity contribution in [1.82, 2.24) is 5.01 Å². The maximum atomic E-state index is 12.4. The van der Waals surface area contributed by atoms with Crippen LogP contribution in [-0.2, 0) is 9.53 Å². The molecule has 0 atom stereocenters. The molecule has 0 fully saturated rings. The lowest BCUT2D eigenvalue weighted by molar-refractivity contribution is -0.134. The van der Waals surface area contributed by atoms with Gasteiger partial charge in [0.25, 0.3) is 5.91 Å². The van der Waals surface area contributed by atoms with Gasteiger partial charge in [0.2, 0.25) is 0 Å². The van der Waals surface area contributed by atoms with E-state index < -0.39 is 18.5 Å². The van der Waals surface area contributed by atoms with Gasteiger partial charge in [0.15, 0.2) is 18.1 Å². The van der Waals surface area contributed by atoms with E-state index in [1.54, 1.807) is 0 Å². The van der Waals surface area contributed by atoms with E-state index in [1.165, 1.54) is 24.3 Å². The van der Waals surface area contributed by atoms with Crippen LogP contribution in [0.15, 0.2) is 47.6 Å². The van der Waals surface area contributed by atoms with E-state index in [1.807, 2.05) is 37.3 Å². The quantitative estimate of drug-likeness (QED) is 0.645. The number of methoxy groups -OCH3 is 1. The molecule has 1 aliphatic heterocycles. The van der Waals surface area contributed by atoms with Gasteiger partial charge >= 0.3 is 5.97 Å². The molecule has 3 rings (SSSR count). The maximum absolute atomic E-state index is 12.4. The fourth-order valence-electron chi connectivity index (χ4n) is 2.88. The molecule has 8 heteroatoms. The summed E-state index contributed by atoms with van der Waals surface area (Å²) < 4.78 is 15.8. The summed E-state index contributed by atoms with van der Waals surface area (Å²) in [5.41, 5.74) is 1.96. The minimum Gasteiger partial charge on any atom is -0.493 e. The van der Waals surface area contributed by atoms with Gasteiger partial charge in [-0.1, -0.05) is 41.9 Å². The van der Waals surface area contributed by atoms with Gasteiger partial charge in [-0.25, -0.2) is 9.80 Å². The first kappa shape index (κ1) is 20.7. The van der Waals surface area contributed by atoms with Crippen LogP contribution in [-0.4, -0.2) is 49.5 Å². The monoisotopic (exact) mass is 416 g/mol. The lowest BCUT2D eigenvalue weighted by atomic mass is 10.1. The molecule has 0 aromatic heterocycles. The van der Waals surface area contributed by atoms with Crippen molar-refractivity contribution in [2.45, 2.75) is 13.3 Å². The van der Waals surface area contributed by atoms with Crippen LogP contribution in [0.4, 0.5) is 0 Å². The molecule has 0 N–H and O–H groups in total. The van der Waals surface area contributed by atoms with E-state index in [9.17, 15) is 9.59 Å². The molecule has 0 aliphatic carbocycles. The number of esters is 1. The molecule has 1 amide bonds. The maximum Gasteiger partial charge on any atom is 0.338 e. The van der Waals surface area contributed by atoms with Crippen molar-refractivity contribution in [2.24, 2.45) is 5.10 Å². The number of benzene rings is 2. The number of nitrogens with zero attached hydrogens (tertiary/aromatic N) is 2. The van der Waals surface area contributed by atoms with Crippen molar-refractivity contribution >= 4 is 29.2 Å². The Balaban J connectivity index is 1.63. The summed E-state index contributed by atoms with van der Waals surface area (Å²) in [6.07, 6.45) is 0.648. The summed E-state index contributed by atoms with van der Waals surface area (Å²) in [6, 6.07) is 12.5. The average molecular weight is 417 g/mol. The van der Waals surface area contributed by atoms with Crippen LogP contribution < -0.4 is 9.47 Å². The summed E-state index contributed by atoms with van der Waals surface area (Å²) >= 11 is 6.17. The van der Waals surface area contributed by atoms with E-state index in [0.29, 0.717) is 31.1 Å². The normalized spacial score (nSPS) is 13.1. The van der Waals surface area contributed by atoms with Gasteiger partial charge in [-0.3, -0.25) is 4.79 Å². The Morgan fingerprint density at radius 3 is 2.66 bits per heavy atom. The summed E-state index contributed by atoms with van der Waals surface area (Å²) in [5, 5.41) is 5.88. The van der Waals surface area contributed by atoms with Gasteiger partial charge in [-0.05, 0) is 24.6 Å². The highest BCUT2D eigenvalue weighted by Crippen LogP contribution is 2.36. The van der Waals surface area contributed by atoms with Crippen LogP contribution in [0.25, 0.3) is 0 Å². The van der Waals surface area contributed by atoms with E-state index in [4.69, 9.17) is 25.8 Å². The first-order valence-electron chi connectivity index (χ1n) is 9.14. The predicted octanol–water partition coefficient (Wildman–Crippen LogP) is 3.54. The molecule has 0 unspecified atom stereocenters. The second-order valence-corrected chi connectivity index (χ2v) is 6.59. The van der Waals surface area contributed by atoms with Crippen LogP contribution in [0.5, 0.6) is 11.5 Å². The van der Waals surface area contributed by atoms with E-state index >= 15 is 0 Å². The van der Waals surface area contributed by atoms with Gasteiger partial charge < -0.3 is 14.2 Å². The molecule has 7 nitrogen and oxygen atoms in total. The van der Waals surface area contributed by atoms with Crippen LogP contribution in [0.2, 0.25) is 5.02 Å². The minimum absolute atomic E-state index is 0.165. The van der Waals surface area contributed by atoms with E-state index in [2.05, 4.69) is 5.10 Å². The highest BCUT2D eigenvalue weighted by Gasteiger charge is 2.23. The Morgan fingerprint density at radius 1 is 1.21 bits per heavy atom. The average Bonchev–Trinajstić information content (AvgIpc) is 3.24. The Labute approximate surface area is 173 Å². The van der Waals surface area contributed by atoms with Crippen LogP contribution in [0.3, 0.4) is 0 Å². The summed E-state index contributed by atoms with van der Waals surface area (Å²) in [7, 11) is 1.45. The van der Waals surface area contributed by atoms with E-state index in [-0.39, 0.29) is 10.6 Å². The Bertz CT molecular complexity index is 930. The number of carbonyl (C=O) groups excluding carboxylic acids is 2. The summed E-state index contributed by atoms with van der Waals surface area (Å²) in [4.78, 5) is 24.7. The fraction of sp³-hybridized carbons (Fsp3) is 0.286. The second kappa shape index (κ2) is 9.43. The number of hydrogen-bond donors (Lipinski definition) is 0. The number of carbonyl (C=O) groups is 2. The first-order valence-corrected chi connectivity index (χ1v) is 9.52. The van der Waals surface area contributed by atoms with Gasteiger partial charge in [0.1, 0.15) is 0 Å². The van der Waals surface area contributed by atoms with Crippen LogP contribution in [0.1, 0.15) is 29.3 Å². The third kappa shape index (κ3) is 4.86. The van der Waals surface area contributed by atoms with Crippen molar-refractivity contribution in [3.8, 4) is 11.5 Å². The Morgan fingerprint density at radius 2 is 1.97 bits per heavy atom. The zero-order valence-corrected chi connectivity index (χ0v) is 16.9. The smallest absolute Gasteiger partial charge is 0.338 e. The minimum atomic E-state index is -0.687. The molecule has 29 heavy (non-hydrogen) atoms. The molecule has 0 spiro atoms. The molecule has 2 aromatic rings. The molecular weight excluding hydrogens is 396 g/mol. The zero-order valence-electron chi connectivity index (χ0n) is 16.2. The number of rotatable bonds is 7. The highest BCUT2D eigenvalue weighted by atomic mass is 35.5. The Hall–Kier alpha value is -3.06. The molecule has 2 aromatic carbocycles. The first-order chi connectivity index (χ1) is 14.0. The van der Waals surface area contributed by atoms with Gasteiger partial charge in [-0.2, -0.15) is 5.10 Å². The van der Waals surface area contributed by atoms with Crippen LogP contribution >= 0.6 is 11.6 Å². The third-order valence-electron chi connectivity index (χ3n) is 4.28. The lowest BCUT2D eigenvalue weighted by Gasteiger charge is -2.14. The summed E-state index contributed by atoms with van der Waals surface area (Å²) in [5.74, 6) is -0.417. The SMILES string of the molecule is CCOc1c(Cl)cc(C(=O)OCC(=O)N2CCC(c3ccccc3)=N2)cc1OC. The van der Waals surface area contributed by atoms with Crippen molar-refractivity contribution in [1.29, 1.82) is 0 Å². The molecule has 0 bridgehead atoms. The molecule has 1 aliphatic rings. The number of hydrogen-bond acceptors (Lipinski definition) is 6. The predicted molar refractivity (Wildman–Crippen MR) is 109 cm³/mol. The van der Waals surface area contributed by atoms with Crippen molar-refractivity contribution < 1.29 is 23.8 Å². The number of ether oxygens (including phenoxy) is 3. The molecule has 0 radical (unpaired) electrons. The highest BCUT2D eigenvalue weighted by molar-refractivity contribution is 6.32. The van der Waals surface area contributed by atoms with Crippen LogP contribution in [0, 0.1) is 0 Å². The van der Waals surface area contributed by atoms with Crippen molar-refractivity contribution in [3.63, 3.8) is 0 Å². The fourth-order valence-corrected chi connectivity index (χ4v) is 3.14. The molecule has 0 saturated heterocycles. The van der Waals surface area contributed by atoms with Gasteiger partial charge in [0, 0.05) is 6.42 Å². The molecule has 0 saturated carbocycles. The molecule has 152 valence electrons. The number of amides is 1. The van der Waals surface area contributed by atoms with Gasteiger partial charge in [0.05, 0.1) is 36.6 Å². The Kier molecular flexibility index (Phi) is 6.72. The third-order valence-corrected chi connectivity index (χ3v) is 4.56. The van der Waals surface area contributed by atoms with Gasteiger partial charge in [-0.15, -0.1) is 0 Å².